The highest BCUT2D eigenvalue weighted by Gasteiger charge is 2.10. The number of benzene rings is 3. The van der Waals surface area contributed by atoms with Crippen LogP contribution in [0.25, 0.3) is 22.4 Å². The number of hydrogen-bond donors (Lipinski definition) is 1. The maximum absolute atomic E-state index is 5.91. The van der Waals surface area contributed by atoms with Gasteiger partial charge >= 0.3 is 0 Å². The molecule has 0 spiro atoms. The Hall–Kier alpha value is -3.07. The van der Waals surface area contributed by atoms with Gasteiger partial charge in [0.05, 0.1) is 11.0 Å². The Morgan fingerprint density at radius 2 is 1.72 bits per heavy atom. The van der Waals surface area contributed by atoms with Crippen molar-refractivity contribution in [2.75, 3.05) is 0 Å². The molecule has 0 aliphatic heterocycles. The van der Waals surface area contributed by atoms with Crippen molar-refractivity contribution >= 4 is 11.0 Å². The summed E-state index contributed by atoms with van der Waals surface area (Å²) in [5.74, 6) is 1.77. The lowest BCUT2D eigenvalue weighted by Crippen LogP contribution is -1.96. The Kier molecular flexibility index (Phi) is 3.98. The zero-order chi connectivity index (χ0) is 17.2. The lowest BCUT2D eigenvalue weighted by molar-refractivity contribution is 0.306. The van der Waals surface area contributed by atoms with Crippen LogP contribution in [0.2, 0.25) is 0 Å². The molecule has 25 heavy (non-hydrogen) atoms. The average molecular weight is 328 g/mol. The van der Waals surface area contributed by atoms with Gasteiger partial charge in [0.1, 0.15) is 18.2 Å². The Morgan fingerprint density at radius 1 is 0.880 bits per heavy atom. The Labute approximate surface area is 147 Å². The zero-order valence-corrected chi connectivity index (χ0v) is 14.4. The molecule has 1 aromatic heterocycles. The largest absolute Gasteiger partial charge is 0.489 e. The van der Waals surface area contributed by atoms with Gasteiger partial charge in [-0.2, -0.15) is 0 Å². The summed E-state index contributed by atoms with van der Waals surface area (Å²) in [6, 6.07) is 22.5. The molecule has 3 heteroatoms. The van der Waals surface area contributed by atoms with Crippen molar-refractivity contribution in [1.82, 2.24) is 9.97 Å². The summed E-state index contributed by atoms with van der Waals surface area (Å²) in [5.41, 5.74) is 6.68. The van der Waals surface area contributed by atoms with Crippen LogP contribution >= 0.6 is 0 Å². The topological polar surface area (TPSA) is 37.9 Å². The molecule has 0 saturated heterocycles. The summed E-state index contributed by atoms with van der Waals surface area (Å²) >= 11 is 0. The van der Waals surface area contributed by atoms with Crippen molar-refractivity contribution in [1.29, 1.82) is 0 Å². The van der Waals surface area contributed by atoms with Crippen LogP contribution < -0.4 is 4.74 Å². The molecule has 0 fully saturated rings. The first-order valence-electron chi connectivity index (χ1n) is 8.44. The van der Waals surface area contributed by atoms with Crippen LogP contribution in [0.4, 0.5) is 0 Å². The number of rotatable bonds is 4. The maximum Gasteiger partial charge on any atom is 0.138 e. The number of para-hydroxylation sites is 1. The van der Waals surface area contributed by atoms with Crippen molar-refractivity contribution in [2.24, 2.45) is 0 Å². The van der Waals surface area contributed by atoms with E-state index in [0.29, 0.717) is 6.61 Å². The highest BCUT2D eigenvalue weighted by Crippen LogP contribution is 2.28. The standard InChI is InChI=1S/C22H20N2O/c1-15-7-6-10-20-21(15)24-22(23-20)19-12-11-18(13-16(19)2)25-14-17-8-4-3-5-9-17/h3-13H,14H2,1-2H3,(H,23,24). The molecular weight excluding hydrogens is 308 g/mol. The van der Waals surface area contributed by atoms with E-state index in [1.165, 1.54) is 5.56 Å². The number of hydrogen-bond acceptors (Lipinski definition) is 2. The minimum Gasteiger partial charge on any atom is -0.489 e. The quantitative estimate of drug-likeness (QED) is 0.543. The first-order chi connectivity index (χ1) is 12.2. The molecule has 1 N–H and O–H groups in total. The minimum atomic E-state index is 0.573. The number of aromatic amines is 1. The fourth-order valence-corrected chi connectivity index (χ4v) is 3.04. The van der Waals surface area contributed by atoms with Crippen LogP contribution in [0, 0.1) is 13.8 Å². The van der Waals surface area contributed by atoms with E-state index in [1.807, 2.05) is 30.3 Å². The second-order valence-corrected chi connectivity index (χ2v) is 6.31. The number of nitrogens with zero attached hydrogens (tertiary/aromatic N) is 1. The molecule has 3 aromatic carbocycles. The summed E-state index contributed by atoms with van der Waals surface area (Å²) in [7, 11) is 0. The van der Waals surface area contributed by atoms with Crippen LogP contribution in [-0.2, 0) is 6.61 Å². The molecular formula is C22H20N2O. The smallest absolute Gasteiger partial charge is 0.138 e. The number of imidazole rings is 1. The predicted molar refractivity (Wildman–Crippen MR) is 102 cm³/mol. The zero-order valence-electron chi connectivity index (χ0n) is 14.4. The van der Waals surface area contributed by atoms with E-state index in [0.717, 1.165) is 39.3 Å². The SMILES string of the molecule is Cc1cc(OCc2ccccc2)ccc1-c1nc2c(C)cccc2[nH]1. The predicted octanol–water partition coefficient (Wildman–Crippen LogP) is 5.43. The third kappa shape index (κ3) is 3.13. The number of nitrogens with one attached hydrogen (secondary N) is 1. The molecule has 0 unspecified atom stereocenters. The lowest BCUT2D eigenvalue weighted by atomic mass is 10.1. The maximum atomic E-state index is 5.91. The molecule has 0 saturated carbocycles. The highest BCUT2D eigenvalue weighted by molar-refractivity contribution is 5.82. The molecule has 0 bridgehead atoms. The molecule has 124 valence electrons. The minimum absolute atomic E-state index is 0.573. The number of aromatic nitrogens is 2. The summed E-state index contributed by atoms with van der Waals surface area (Å²) in [6.07, 6.45) is 0. The van der Waals surface area contributed by atoms with E-state index in [4.69, 9.17) is 9.72 Å². The second kappa shape index (κ2) is 6.44. The first kappa shape index (κ1) is 15.5. The van der Waals surface area contributed by atoms with Crippen molar-refractivity contribution in [3.63, 3.8) is 0 Å². The molecule has 4 rings (SSSR count). The average Bonchev–Trinajstić information content (AvgIpc) is 3.06. The fourth-order valence-electron chi connectivity index (χ4n) is 3.04. The van der Waals surface area contributed by atoms with E-state index in [1.54, 1.807) is 0 Å². The third-order valence-electron chi connectivity index (χ3n) is 4.42. The number of ether oxygens (including phenoxy) is 1. The Bertz CT molecular complexity index is 1020. The lowest BCUT2D eigenvalue weighted by Gasteiger charge is -2.09. The Balaban J connectivity index is 1.59. The van der Waals surface area contributed by atoms with Crippen LogP contribution in [0.5, 0.6) is 5.75 Å². The van der Waals surface area contributed by atoms with Crippen molar-refractivity contribution in [2.45, 2.75) is 20.5 Å². The van der Waals surface area contributed by atoms with Gasteiger partial charge in [0.2, 0.25) is 0 Å². The molecule has 0 radical (unpaired) electrons. The third-order valence-corrected chi connectivity index (χ3v) is 4.42. The van der Waals surface area contributed by atoms with E-state index < -0.39 is 0 Å². The van der Waals surface area contributed by atoms with Crippen molar-refractivity contribution < 1.29 is 4.74 Å². The van der Waals surface area contributed by atoms with Crippen LogP contribution in [0.15, 0.2) is 66.7 Å². The van der Waals surface area contributed by atoms with E-state index in [-0.39, 0.29) is 0 Å². The monoisotopic (exact) mass is 328 g/mol. The molecule has 3 nitrogen and oxygen atoms in total. The molecule has 0 aliphatic carbocycles. The summed E-state index contributed by atoms with van der Waals surface area (Å²) in [6.45, 7) is 4.74. The van der Waals surface area contributed by atoms with Crippen LogP contribution in [-0.4, -0.2) is 9.97 Å². The van der Waals surface area contributed by atoms with Gasteiger partial charge in [-0.25, -0.2) is 4.98 Å². The van der Waals surface area contributed by atoms with Crippen LogP contribution in [0.1, 0.15) is 16.7 Å². The molecule has 1 heterocycles. The van der Waals surface area contributed by atoms with E-state index >= 15 is 0 Å². The van der Waals surface area contributed by atoms with E-state index in [9.17, 15) is 0 Å². The first-order valence-corrected chi connectivity index (χ1v) is 8.44. The van der Waals surface area contributed by atoms with Gasteiger partial charge in [0.15, 0.2) is 0 Å². The van der Waals surface area contributed by atoms with Crippen molar-refractivity contribution in [3.05, 3.63) is 83.4 Å². The number of aryl methyl sites for hydroxylation is 2. The number of H-pyrrole nitrogens is 1. The second-order valence-electron chi connectivity index (χ2n) is 6.31. The molecule has 0 atom stereocenters. The summed E-state index contributed by atoms with van der Waals surface area (Å²) in [4.78, 5) is 8.19. The van der Waals surface area contributed by atoms with Gasteiger partial charge in [-0.1, -0.05) is 42.5 Å². The van der Waals surface area contributed by atoms with Gasteiger partial charge in [-0.05, 0) is 54.8 Å². The van der Waals surface area contributed by atoms with Gasteiger partial charge in [-0.3, -0.25) is 0 Å². The van der Waals surface area contributed by atoms with Gasteiger partial charge in [0.25, 0.3) is 0 Å². The van der Waals surface area contributed by atoms with Crippen LogP contribution in [0.3, 0.4) is 0 Å². The van der Waals surface area contributed by atoms with Gasteiger partial charge < -0.3 is 9.72 Å². The summed E-state index contributed by atoms with van der Waals surface area (Å²) < 4.78 is 5.91. The molecule has 0 aliphatic rings. The van der Waals surface area contributed by atoms with Crippen molar-refractivity contribution in [3.8, 4) is 17.1 Å². The fraction of sp³-hybridized carbons (Fsp3) is 0.136. The molecule has 0 amide bonds. The van der Waals surface area contributed by atoms with Gasteiger partial charge in [-0.15, -0.1) is 0 Å². The normalized spacial score (nSPS) is 11.0. The highest BCUT2D eigenvalue weighted by atomic mass is 16.5. The molecule has 4 aromatic rings. The Morgan fingerprint density at radius 3 is 2.48 bits per heavy atom. The van der Waals surface area contributed by atoms with Gasteiger partial charge in [0, 0.05) is 5.56 Å². The van der Waals surface area contributed by atoms with E-state index in [2.05, 4.69) is 55.2 Å². The number of fused-ring (bicyclic) bond motifs is 1. The summed E-state index contributed by atoms with van der Waals surface area (Å²) in [5, 5.41) is 0.